The monoisotopic (exact) mass is 284 g/mol. The zero-order valence-electron chi connectivity index (χ0n) is 6.16. The summed E-state index contributed by atoms with van der Waals surface area (Å²) in [6.07, 6.45) is -13.3. The predicted molar refractivity (Wildman–Crippen MR) is 31.8 cm³/mol. The molecule has 0 bridgehead atoms. The fourth-order valence-corrected chi connectivity index (χ4v) is 1.12. The van der Waals surface area contributed by atoms with Gasteiger partial charge in [0.1, 0.15) is 0 Å². The summed E-state index contributed by atoms with van der Waals surface area (Å²) in [5.41, 5.74) is 0. The number of hydrogen-bond donors (Lipinski definition) is 0. The Hall–Kier alpha value is -0.290. The van der Waals surface area contributed by atoms with E-state index in [1.807, 2.05) is 0 Å². The third-order valence-corrected chi connectivity index (χ3v) is 1.56. The van der Waals surface area contributed by atoms with E-state index in [1.54, 1.807) is 0 Å². The lowest BCUT2D eigenvalue weighted by Crippen LogP contribution is -2.55. The van der Waals surface area contributed by atoms with E-state index in [1.165, 1.54) is 0 Å². The third-order valence-electron chi connectivity index (χ3n) is 0.944. The van der Waals surface area contributed by atoms with Crippen LogP contribution < -0.4 is 0 Å². The van der Waals surface area contributed by atoms with Crippen LogP contribution in [0.25, 0.3) is 0 Å². The molecule has 0 saturated carbocycles. The van der Waals surface area contributed by atoms with Crippen LogP contribution in [0.15, 0.2) is 0 Å². The van der Waals surface area contributed by atoms with Crippen LogP contribution >= 0.6 is 10.7 Å². The smallest absolute Gasteiger partial charge is 0.200 e. The Morgan fingerprint density at radius 1 is 0.867 bits per heavy atom. The molecule has 0 atom stereocenters. The number of hydrogen-bond acceptors (Lipinski definition) is 3. The van der Waals surface area contributed by atoms with Gasteiger partial charge in [-0.3, -0.25) is 0 Å². The summed E-state index contributed by atoms with van der Waals surface area (Å²) in [5, 5.41) is 0. The van der Waals surface area contributed by atoms with Gasteiger partial charge in [0.05, 0.1) is 0 Å². The lowest BCUT2D eigenvalue weighted by Gasteiger charge is -2.27. The maximum absolute atomic E-state index is 12.4. The molecular weight excluding hydrogens is 285 g/mol. The summed E-state index contributed by atoms with van der Waals surface area (Å²) in [6, 6.07) is 0. The molecule has 0 rings (SSSR count). The molecular formula is C3ClF7O3S. The molecule has 0 N–H and O–H groups in total. The first-order valence-electron chi connectivity index (χ1n) is 2.68. The van der Waals surface area contributed by atoms with Crippen molar-refractivity contribution in [2.75, 3.05) is 0 Å². The van der Waals surface area contributed by atoms with Crippen molar-refractivity contribution in [1.82, 2.24) is 0 Å². The first-order chi connectivity index (χ1) is 6.21. The molecule has 0 amide bonds. The molecule has 0 fully saturated rings. The minimum atomic E-state index is -6.63. The lowest BCUT2D eigenvalue weighted by molar-refractivity contribution is -0.404. The van der Waals surface area contributed by atoms with Gasteiger partial charge in [-0.05, 0) is 0 Å². The van der Waals surface area contributed by atoms with Crippen LogP contribution in [0.4, 0.5) is 30.7 Å². The minimum Gasteiger partial charge on any atom is -0.200 e. The number of alkyl halides is 7. The van der Waals surface area contributed by atoms with Crippen molar-refractivity contribution in [2.24, 2.45) is 0 Å². The van der Waals surface area contributed by atoms with Gasteiger partial charge in [0, 0.05) is 10.7 Å². The summed E-state index contributed by atoms with van der Waals surface area (Å²) >= 11 is 0. The van der Waals surface area contributed by atoms with Crippen LogP contribution in [0.3, 0.4) is 0 Å². The van der Waals surface area contributed by atoms with Crippen LogP contribution in [-0.2, 0) is 13.5 Å². The predicted octanol–water partition coefficient (Wildman–Crippen LogP) is 2.28. The zero-order chi connectivity index (χ0) is 12.7. The van der Waals surface area contributed by atoms with Gasteiger partial charge in [-0.15, -0.1) is 0 Å². The summed E-state index contributed by atoms with van der Waals surface area (Å²) in [7, 11) is -1.85. The number of rotatable bonds is 2. The Kier molecular flexibility index (Phi) is 3.56. The van der Waals surface area contributed by atoms with Gasteiger partial charge in [-0.1, -0.05) is 0 Å². The Morgan fingerprint density at radius 3 is 1.20 bits per heavy atom. The van der Waals surface area contributed by atoms with Gasteiger partial charge in [0.25, 0.3) is 0 Å². The van der Waals surface area contributed by atoms with Gasteiger partial charge < -0.3 is 0 Å². The quantitative estimate of drug-likeness (QED) is 0.577. The standard InChI is InChI=1S/C3ClF7O3S/c4-15(12,13)14-1(5,2(6,7)8)3(9,10)11. The fraction of sp³-hybridized carbons (Fsp3) is 1.00. The minimum absolute atomic E-state index is 2.18. The van der Waals surface area contributed by atoms with Crippen molar-refractivity contribution >= 4 is 20.0 Å². The van der Waals surface area contributed by atoms with E-state index in [2.05, 4.69) is 14.9 Å². The van der Waals surface area contributed by atoms with E-state index >= 15 is 0 Å². The van der Waals surface area contributed by atoms with E-state index < -0.39 is 27.5 Å². The number of halogens is 8. The van der Waals surface area contributed by atoms with Crippen molar-refractivity contribution in [1.29, 1.82) is 0 Å². The second kappa shape index (κ2) is 3.63. The Balaban J connectivity index is 5.45. The molecule has 12 heteroatoms. The molecule has 0 aliphatic heterocycles. The van der Waals surface area contributed by atoms with Gasteiger partial charge in [0.2, 0.25) is 0 Å². The highest BCUT2D eigenvalue weighted by Gasteiger charge is 2.76. The SMILES string of the molecule is O=S(=O)(Cl)OC(F)(C(F)(F)F)C(F)(F)F. The third kappa shape index (κ3) is 3.34. The Labute approximate surface area is 82.4 Å². The molecule has 0 unspecified atom stereocenters. The molecule has 92 valence electrons. The average Bonchev–Trinajstić information content (AvgIpc) is 1.77. The Bertz CT molecular complexity index is 314. The lowest BCUT2D eigenvalue weighted by atomic mass is 10.3. The van der Waals surface area contributed by atoms with Crippen LogP contribution in [0, 0.1) is 0 Å². The van der Waals surface area contributed by atoms with E-state index in [-0.39, 0.29) is 0 Å². The molecule has 0 aromatic heterocycles. The topological polar surface area (TPSA) is 43.4 Å². The highest BCUT2D eigenvalue weighted by molar-refractivity contribution is 8.10. The molecule has 3 nitrogen and oxygen atoms in total. The molecule has 0 aromatic rings. The van der Waals surface area contributed by atoms with Crippen molar-refractivity contribution in [3.8, 4) is 0 Å². The van der Waals surface area contributed by atoms with E-state index in [0.717, 1.165) is 0 Å². The average molecular weight is 285 g/mol. The van der Waals surface area contributed by atoms with E-state index in [9.17, 15) is 39.2 Å². The molecule has 0 aliphatic rings. The van der Waals surface area contributed by atoms with Gasteiger partial charge in [-0.2, -0.15) is 43.3 Å². The molecule has 0 saturated heterocycles. The zero-order valence-corrected chi connectivity index (χ0v) is 7.73. The second-order valence-corrected chi connectivity index (χ2v) is 4.15. The fourth-order valence-electron chi connectivity index (χ4n) is 0.392. The maximum atomic E-state index is 12.4. The van der Waals surface area contributed by atoms with E-state index in [4.69, 9.17) is 0 Å². The van der Waals surface area contributed by atoms with Crippen LogP contribution in [0.2, 0.25) is 0 Å². The molecule has 0 heterocycles. The molecule has 15 heavy (non-hydrogen) atoms. The van der Waals surface area contributed by atoms with Crippen LogP contribution in [-0.4, -0.2) is 26.6 Å². The summed E-state index contributed by atoms with van der Waals surface area (Å²) in [4.78, 5) is 0. The van der Waals surface area contributed by atoms with Crippen LogP contribution in [0.5, 0.6) is 0 Å². The van der Waals surface area contributed by atoms with Crippen LogP contribution in [0.1, 0.15) is 0 Å². The van der Waals surface area contributed by atoms with Crippen molar-refractivity contribution in [3.05, 3.63) is 0 Å². The van der Waals surface area contributed by atoms with Gasteiger partial charge >= 0.3 is 27.5 Å². The molecule has 0 spiro atoms. The molecule has 0 radical (unpaired) electrons. The van der Waals surface area contributed by atoms with Crippen molar-refractivity contribution in [3.63, 3.8) is 0 Å². The maximum Gasteiger partial charge on any atom is 0.459 e. The largest absolute Gasteiger partial charge is 0.459 e. The van der Waals surface area contributed by atoms with Gasteiger partial charge in [0.15, 0.2) is 0 Å². The highest BCUT2D eigenvalue weighted by Crippen LogP contribution is 2.48. The molecule has 0 aromatic carbocycles. The summed E-state index contributed by atoms with van der Waals surface area (Å²) < 4.78 is 104. The normalized spacial score (nSPS) is 15.5. The van der Waals surface area contributed by atoms with Crippen molar-refractivity contribution in [2.45, 2.75) is 18.2 Å². The second-order valence-electron chi connectivity index (χ2n) is 2.07. The first-order valence-corrected chi connectivity index (χ1v) is 4.92. The Morgan fingerprint density at radius 2 is 1.13 bits per heavy atom. The first kappa shape index (κ1) is 14.7. The van der Waals surface area contributed by atoms with E-state index in [0.29, 0.717) is 0 Å². The highest BCUT2D eigenvalue weighted by atomic mass is 35.7. The van der Waals surface area contributed by atoms with Crippen molar-refractivity contribution < 1.29 is 43.3 Å². The summed E-state index contributed by atoms with van der Waals surface area (Å²) in [6.45, 7) is 0. The summed E-state index contributed by atoms with van der Waals surface area (Å²) in [5.74, 6) is -6.36. The van der Waals surface area contributed by atoms with Gasteiger partial charge in [-0.25, -0.2) is 0 Å². The molecule has 0 aliphatic carbocycles.